The Balaban J connectivity index is 1.69. The van der Waals surface area contributed by atoms with Crippen LogP contribution in [-0.4, -0.2) is 10.9 Å². The molecule has 2 heterocycles. The van der Waals surface area contributed by atoms with Crippen LogP contribution in [0.5, 0.6) is 0 Å². The lowest BCUT2D eigenvalue weighted by atomic mass is 10.1. The zero-order valence-electron chi connectivity index (χ0n) is 12.2. The molecular formula is C18H16N2OS. The van der Waals surface area contributed by atoms with Gasteiger partial charge in [-0.05, 0) is 48.2 Å². The fourth-order valence-corrected chi connectivity index (χ4v) is 2.87. The van der Waals surface area contributed by atoms with E-state index in [1.165, 1.54) is 0 Å². The van der Waals surface area contributed by atoms with Crippen LogP contribution in [0, 0.1) is 6.92 Å². The predicted octanol–water partition coefficient (Wildman–Crippen LogP) is 4.05. The van der Waals surface area contributed by atoms with Gasteiger partial charge in [0.25, 0.3) is 5.91 Å². The molecule has 0 spiro atoms. The van der Waals surface area contributed by atoms with E-state index in [0.29, 0.717) is 12.1 Å². The number of hydrogen-bond donors (Lipinski definition) is 1. The molecule has 4 heteroatoms. The number of carbonyl (C=O) groups is 1. The van der Waals surface area contributed by atoms with Gasteiger partial charge in [-0.15, -0.1) is 0 Å². The zero-order valence-corrected chi connectivity index (χ0v) is 13.1. The Bertz CT molecular complexity index is 781. The summed E-state index contributed by atoms with van der Waals surface area (Å²) in [4.78, 5) is 16.5. The van der Waals surface area contributed by atoms with Gasteiger partial charge < -0.3 is 5.32 Å². The summed E-state index contributed by atoms with van der Waals surface area (Å²) in [6.45, 7) is 2.47. The summed E-state index contributed by atoms with van der Waals surface area (Å²) in [6.07, 6.45) is 1.78. The highest BCUT2D eigenvalue weighted by Crippen LogP contribution is 2.20. The number of hydrogen-bond acceptors (Lipinski definition) is 3. The molecule has 22 heavy (non-hydrogen) atoms. The van der Waals surface area contributed by atoms with Crippen molar-refractivity contribution >= 4 is 17.2 Å². The van der Waals surface area contributed by atoms with E-state index in [4.69, 9.17) is 0 Å². The van der Waals surface area contributed by atoms with Crippen LogP contribution in [0.3, 0.4) is 0 Å². The number of amides is 1. The molecule has 0 saturated heterocycles. The molecule has 2 aromatic heterocycles. The van der Waals surface area contributed by atoms with E-state index in [9.17, 15) is 4.79 Å². The topological polar surface area (TPSA) is 42.0 Å². The van der Waals surface area contributed by atoms with Crippen LogP contribution >= 0.6 is 11.3 Å². The van der Waals surface area contributed by atoms with E-state index in [2.05, 4.69) is 15.7 Å². The molecule has 0 fully saturated rings. The van der Waals surface area contributed by atoms with Crippen LogP contribution in [0.15, 0.2) is 59.4 Å². The summed E-state index contributed by atoms with van der Waals surface area (Å²) < 4.78 is 0. The smallest absolute Gasteiger partial charge is 0.251 e. The van der Waals surface area contributed by atoms with Gasteiger partial charge in [-0.25, -0.2) is 0 Å². The van der Waals surface area contributed by atoms with E-state index in [-0.39, 0.29) is 5.91 Å². The Hall–Kier alpha value is -2.46. The summed E-state index contributed by atoms with van der Waals surface area (Å²) in [5, 5.41) is 7.05. The number of nitrogens with one attached hydrogen (secondary N) is 1. The average Bonchev–Trinajstić information content (AvgIpc) is 3.07. The van der Waals surface area contributed by atoms with Crippen LogP contribution in [-0.2, 0) is 6.54 Å². The lowest BCUT2D eigenvalue weighted by Crippen LogP contribution is -2.22. The lowest BCUT2D eigenvalue weighted by molar-refractivity contribution is 0.0951. The summed E-state index contributed by atoms with van der Waals surface area (Å²) in [6, 6.07) is 13.6. The maximum absolute atomic E-state index is 12.2. The van der Waals surface area contributed by atoms with Crippen LogP contribution in [0.2, 0.25) is 0 Å². The van der Waals surface area contributed by atoms with Gasteiger partial charge in [-0.1, -0.05) is 17.7 Å². The van der Waals surface area contributed by atoms with Gasteiger partial charge in [0.15, 0.2) is 0 Å². The lowest BCUT2D eigenvalue weighted by Gasteiger charge is -2.07. The van der Waals surface area contributed by atoms with E-state index in [1.54, 1.807) is 17.5 Å². The van der Waals surface area contributed by atoms with Crippen LogP contribution in [0.1, 0.15) is 21.5 Å². The molecule has 0 aliphatic heterocycles. The van der Waals surface area contributed by atoms with Crippen molar-refractivity contribution in [3.8, 4) is 11.3 Å². The third-order valence-corrected chi connectivity index (χ3v) is 4.06. The van der Waals surface area contributed by atoms with Crippen molar-refractivity contribution in [3.63, 3.8) is 0 Å². The van der Waals surface area contributed by atoms with Crippen molar-refractivity contribution in [3.05, 3.63) is 76.1 Å². The normalized spacial score (nSPS) is 10.4. The van der Waals surface area contributed by atoms with E-state index < -0.39 is 0 Å². The Morgan fingerprint density at radius 1 is 1.23 bits per heavy atom. The highest BCUT2D eigenvalue weighted by atomic mass is 32.1. The molecule has 0 bridgehead atoms. The first-order valence-corrected chi connectivity index (χ1v) is 7.99. The maximum atomic E-state index is 12.2. The van der Waals surface area contributed by atoms with Gasteiger partial charge in [0, 0.05) is 29.2 Å². The number of pyridine rings is 1. The molecule has 0 radical (unpaired) electrons. The quantitative estimate of drug-likeness (QED) is 0.790. The summed E-state index contributed by atoms with van der Waals surface area (Å²) in [7, 11) is 0. The minimum atomic E-state index is -0.0578. The standard InChI is InChI=1S/C18H16N2OS/c1-13-3-2-4-15(9-13)18(21)20-11-14-5-7-19-17(10-14)16-6-8-22-12-16/h2-10,12H,11H2,1H3,(H,20,21). The van der Waals surface area contributed by atoms with Gasteiger partial charge in [0.1, 0.15) is 0 Å². The van der Waals surface area contributed by atoms with Crippen molar-refractivity contribution < 1.29 is 4.79 Å². The third kappa shape index (κ3) is 3.40. The molecule has 110 valence electrons. The number of aromatic nitrogens is 1. The van der Waals surface area contributed by atoms with Gasteiger partial charge in [0.2, 0.25) is 0 Å². The molecule has 0 aliphatic rings. The number of nitrogens with zero attached hydrogens (tertiary/aromatic N) is 1. The van der Waals surface area contributed by atoms with Crippen molar-refractivity contribution in [1.82, 2.24) is 10.3 Å². The summed E-state index contributed by atoms with van der Waals surface area (Å²) >= 11 is 1.65. The number of benzene rings is 1. The van der Waals surface area contributed by atoms with Gasteiger partial charge in [0.05, 0.1) is 5.69 Å². The first-order valence-electron chi connectivity index (χ1n) is 7.05. The van der Waals surface area contributed by atoms with Gasteiger partial charge in [-0.3, -0.25) is 9.78 Å². The van der Waals surface area contributed by atoms with E-state index >= 15 is 0 Å². The van der Waals surface area contributed by atoms with Crippen molar-refractivity contribution in [2.45, 2.75) is 13.5 Å². The Morgan fingerprint density at radius 3 is 2.91 bits per heavy atom. The largest absolute Gasteiger partial charge is 0.348 e. The van der Waals surface area contributed by atoms with Crippen LogP contribution in [0.25, 0.3) is 11.3 Å². The van der Waals surface area contributed by atoms with Crippen molar-refractivity contribution in [2.75, 3.05) is 0 Å². The highest BCUT2D eigenvalue weighted by Gasteiger charge is 2.06. The van der Waals surface area contributed by atoms with Gasteiger partial charge in [-0.2, -0.15) is 11.3 Å². The Kier molecular flexibility index (Phi) is 4.30. The van der Waals surface area contributed by atoms with Gasteiger partial charge >= 0.3 is 0 Å². The minimum absolute atomic E-state index is 0.0578. The summed E-state index contributed by atoms with van der Waals surface area (Å²) in [5.74, 6) is -0.0578. The first kappa shape index (κ1) is 14.5. The molecule has 3 nitrogen and oxygen atoms in total. The van der Waals surface area contributed by atoms with Crippen LogP contribution < -0.4 is 5.32 Å². The molecule has 0 saturated carbocycles. The molecule has 1 amide bonds. The molecule has 3 aromatic rings. The molecule has 1 N–H and O–H groups in total. The molecule has 0 atom stereocenters. The fraction of sp³-hybridized carbons (Fsp3) is 0.111. The molecular weight excluding hydrogens is 292 g/mol. The Labute approximate surface area is 133 Å². The molecule has 0 aliphatic carbocycles. The molecule has 3 rings (SSSR count). The second-order valence-electron chi connectivity index (χ2n) is 5.11. The number of aryl methyl sites for hydroxylation is 1. The molecule has 1 aromatic carbocycles. The number of rotatable bonds is 4. The first-order chi connectivity index (χ1) is 10.7. The third-order valence-electron chi connectivity index (χ3n) is 3.37. The Morgan fingerprint density at radius 2 is 2.14 bits per heavy atom. The summed E-state index contributed by atoms with van der Waals surface area (Å²) in [5.41, 5.74) is 4.85. The number of thiophene rings is 1. The van der Waals surface area contributed by atoms with E-state index in [1.807, 2.05) is 54.8 Å². The SMILES string of the molecule is Cc1cccc(C(=O)NCc2ccnc(-c3ccsc3)c2)c1. The van der Waals surface area contributed by atoms with Crippen molar-refractivity contribution in [1.29, 1.82) is 0 Å². The predicted molar refractivity (Wildman–Crippen MR) is 89.9 cm³/mol. The second-order valence-corrected chi connectivity index (χ2v) is 5.89. The zero-order chi connectivity index (χ0) is 15.4. The highest BCUT2D eigenvalue weighted by molar-refractivity contribution is 7.08. The van der Waals surface area contributed by atoms with Crippen molar-refractivity contribution in [2.24, 2.45) is 0 Å². The number of carbonyl (C=O) groups excluding carboxylic acids is 1. The average molecular weight is 308 g/mol. The second kappa shape index (κ2) is 6.54. The minimum Gasteiger partial charge on any atom is -0.348 e. The fourth-order valence-electron chi connectivity index (χ4n) is 2.22. The maximum Gasteiger partial charge on any atom is 0.251 e. The van der Waals surface area contributed by atoms with Crippen LogP contribution in [0.4, 0.5) is 0 Å². The monoisotopic (exact) mass is 308 g/mol. The molecule has 0 unspecified atom stereocenters. The van der Waals surface area contributed by atoms with E-state index in [0.717, 1.165) is 22.4 Å².